The largest absolute Gasteiger partial charge is 0.497 e. The molecule has 1 atom stereocenters. The van der Waals surface area contributed by atoms with E-state index in [1.165, 1.54) is 0 Å². The second kappa shape index (κ2) is 8.56. The third kappa shape index (κ3) is 6.10. The summed E-state index contributed by atoms with van der Waals surface area (Å²) in [6.45, 7) is 4.78. The fourth-order valence-electron chi connectivity index (χ4n) is 1.63. The van der Waals surface area contributed by atoms with E-state index >= 15 is 0 Å². The summed E-state index contributed by atoms with van der Waals surface area (Å²) >= 11 is 0. The minimum absolute atomic E-state index is 0.356. The Hall–Kier alpha value is -0.580. The van der Waals surface area contributed by atoms with Crippen molar-refractivity contribution in [1.82, 2.24) is 10.2 Å². The third-order valence-corrected chi connectivity index (χ3v) is 2.74. The van der Waals surface area contributed by atoms with Crippen LogP contribution in [0.4, 0.5) is 0 Å². The number of allylic oxidation sites excluding steroid dienone is 1. The van der Waals surface area contributed by atoms with Crippen LogP contribution >= 0.6 is 0 Å². The molecule has 4 heteroatoms. The first-order valence-corrected chi connectivity index (χ1v) is 6.01. The first-order valence-electron chi connectivity index (χ1n) is 6.01. The number of rotatable bonds is 8. The number of hydrogen-bond donors (Lipinski definition) is 1. The normalized spacial score (nSPS) is 20.1. The predicted octanol–water partition coefficient (Wildman–Crippen LogP) is 0.847. The average molecular weight is 228 g/mol. The second-order valence-corrected chi connectivity index (χ2v) is 4.21. The van der Waals surface area contributed by atoms with Gasteiger partial charge in [-0.25, -0.2) is 0 Å². The molecule has 0 aromatic heterocycles. The molecule has 1 aliphatic heterocycles. The molecule has 0 aromatic carbocycles. The summed E-state index contributed by atoms with van der Waals surface area (Å²) in [5.41, 5.74) is 0. The Morgan fingerprint density at radius 1 is 1.50 bits per heavy atom. The molecule has 1 heterocycles. The number of methoxy groups -OCH3 is 1. The molecule has 1 rings (SSSR count). The molecule has 0 spiro atoms. The zero-order valence-corrected chi connectivity index (χ0v) is 10.4. The quantitative estimate of drug-likeness (QED) is 0.624. The second-order valence-electron chi connectivity index (χ2n) is 4.21. The van der Waals surface area contributed by atoms with Crippen molar-refractivity contribution in [3.05, 3.63) is 12.3 Å². The van der Waals surface area contributed by atoms with Gasteiger partial charge in [-0.1, -0.05) is 0 Å². The third-order valence-electron chi connectivity index (χ3n) is 2.74. The van der Waals surface area contributed by atoms with Crippen LogP contribution in [0.15, 0.2) is 12.3 Å². The average Bonchev–Trinajstić information content (AvgIpc) is 2.33. The van der Waals surface area contributed by atoms with Gasteiger partial charge >= 0.3 is 0 Å². The van der Waals surface area contributed by atoms with Crippen LogP contribution in [0.1, 0.15) is 12.8 Å². The summed E-state index contributed by atoms with van der Waals surface area (Å²) in [4.78, 5) is 2.26. The highest BCUT2D eigenvalue weighted by molar-refractivity contribution is 4.82. The van der Waals surface area contributed by atoms with Crippen molar-refractivity contribution in [1.29, 1.82) is 0 Å². The van der Waals surface area contributed by atoms with E-state index in [1.54, 1.807) is 7.11 Å². The maximum absolute atomic E-state index is 5.47. The van der Waals surface area contributed by atoms with E-state index in [2.05, 4.69) is 23.3 Å². The number of nitrogens with zero attached hydrogens (tertiary/aromatic N) is 1. The van der Waals surface area contributed by atoms with Crippen LogP contribution in [0, 0.1) is 0 Å². The lowest BCUT2D eigenvalue weighted by molar-refractivity contribution is 0.120. The van der Waals surface area contributed by atoms with Crippen molar-refractivity contribution in [3.8, 4) is 0 Å². The summed E-state index contributed by atoms with van der Waals surface area (Å²) < 4.78 is 10.5. The Balaban J connectivity index is 1.92. The minimum atomic E-state index is 0.356. The van der Waals surface area contributed by atoms with Crippen LogP contribution in [-0.2, 0) is 9.47 Å². The van der Waals surface area contributed by atoms with Crippen molar-refractivity contribution in [2.45, 2.75) is 18.9 Å². The molecule has 4 nitrogen and oxygen atoms in total. The summed E-state index contributed by atoms with van der Waals surface area (Å²) in [5.74, 6) is 0. The zero-order chi connectivity index (χ0) is 11.6. The van der Waals surface area contributed by atoms with Crippen molar-refractivity contribution in [2.24, 2.45) is 0 Å². The predicted molar refractivity (Wildman–Crippen MR) is 65.5 cm³/mol. The van der Waals surface area contributed by atoms with E-state index in [4.69, 9.17) is 9.47 Å². The fraction of sp³-hybridized carbons (Fsp3) is 0.833. The molecule has 1 aliphatic rings. The molecule has 0 amide bonds. The van der Waals surface area contributed by atoms with Gasteiger partial charge in [-0.05, 0) is 26.0 Å². The van der Waals surface area contributed by atoms with Gasteiger partial charge in [0, 0.05) is 33.3 Å². The molecule has 1 N–H and O–H groups in total. The van der Waals surface area contributed by atoms with Crippen LogP contribution in [-0.4, -0.2) is 57.9 Å². The molecule has 16 heavy (non-hydrogen) atoms. The summed E-state index contributed by atoms with van der Waals surface area (Å²) in [7, 11) is 3.85. The minimum Gasteiger partial charge on any atom is -0.497 e. The zero-order valence-electron chi connectivity index (χ0n) is 10.4. The van der Waals surface area contributed by atoms with Gasteiger partial charge in [-0.15, -0.1) is 0 Å². The van der Waals surface area contributed by atoms with E-state index in [1.807, 2.05) is 6.26 Å². The molecule has 0 aromatic rings. The lowest BCUT2D eigenvalue weighted by atomic mass is 10.1. The van der Waals surface area contributed by atoms with Crippen LogP contribution in [0.2, 0.25) is 0 Å². The van der Waals surface area contributed by atoms with E-state index in [0.717, 1.165) is 45.6 Å². The van der Waals surface area contributed by atoms with E-state index in [9.17, 15) is 0 Å². The molecule has 0 bridgehead atoms. The standard InChI is InChI=1S/C12H24N2O2/c1-14(8-10-15-2)7-6-13-11-12-5-3-4-9-16-12/h4,9,12-13H,3,5-8,10-11H2,1-2H3. The fourth-order valence-corrected chi connectivity index (χ4v) is 1.63. The number of likely N-dealkylation sites (N-methyl/N-ethyl adjacent to an activating group) is 1. The number of hydrogen-bond acceptors (Lipinski definition) is 4. The van der Waals surface area contributed by atoms with Crippen molar-refractivity contribution >= 4 is 0 Å². The monoisotopic (exact) mass is 228 g/mol. The Morgan fingerprint density at radius 2 is 2.38 bits per heavy atom. The van der Waals surface area contributed by atoms with Gasteiger partial charge in [0.25, 0.3) is 0 Å². The molecule has 0 radical (unpaired) electrons. The van der Waals surface area contributed by atoms with E-state index < -0.39 is 0 Å². The molecular formula is C12H24N2O2. The molecule has 1 unspecified atom stereocenters. The van der Waals surface area contributed by atoms with Crippen LogP contribution < -0.4 is 5.32 Å². The maximum atomic E-state index is 5.47. The molecule has 0 aliphatic carbocycles. The Labute approximate surface area is 98.6 Å². The molecule has 94 valence electrons. The summed E-state index contributed by atoms with van der Waals surface area (Å²) in [5, 5.41) is 3.42. The molecule has 0 saturated carbocycles. The van der Waals surface area contributed by atoms with E-state index in [-0.39, 0.29) is 0 Å². The van der Waals surface area contributed by atoms with Crippen molar-refractivity contribution < 1.29 is 9.47 Å². The number of ether oxygens (including phenoxy) is 2. The van der Waals surface area contributed by atoms with Gasteiger partial charge in [-0.3, -0.25) is 0 Å². The van der Waals surface area contributed by atoms with Gasteiger partial charge in [0.1, 0.15) is 6.10 Å². The molecular weight excluding hydrogens is 204 g/mol. The summed E-state index contributed by atoms with van der Waals surface area (Å²) in [6, 6.07) is 0. The van der Waals surface area contributed by atoms with Gasteiger partial charge in [0.05, 0.1) is 12.9 Å². The van der Waals surface area contributed by atoms with Gasteiger partial charge in [0.2, 0.25) is 0 Å². The van der Waals surface area contributed by atoms with Gasteiger partial charge in [-0.2, -0.15) is 0 Å². The first kappa shape index (κ1) is 13.5. The Kier molecular flexibility index (Phi) is 7.21. The highest BCUT2D eigenvalue weighted by atomic mass is 16.5. The maximum Gasteiger partial charge on any atom is 0.110 e. The Morgan fingerprint density at radius 3 is 3.06 bits per heavy atom. The Bertz CT molecular complexity index is 197. The van der Waals surface area contributed by atoms with Gasteiger partial charge < -0.3 is 19.7 Å². The summed E-state index contributed by atoms with van der Waals surface area (Å²) in [6.07, 6.45) is 6.52. The topological polar surface area (TPSA) is 33.7 Å². The van der Waals surface area contributed by atoms with Crippen molar-refractivity contribution in [3.63, 3.8) is 0 Å². The van der Waals surface area contributed by atoms with Crippen LogP contribution in [0.5, 0.6) is 0 Å². The van der Waals surface area contributed by atoms with Gasteiger partial charge in [0.15, 0.2) is 0 Å². The first-order chi connectivity index (χ1) is 7.83. The number of nitrogens with one attached hydrogen (secondary N) is 1. The highest BCUT2D eigenvalue weighted by Crippen LogP contribution is 2.08. The SMILES string of the molecule is COCCN(C)CCNCC1CCC=CO1. The highest BCUT2D eigenvalue weighted by Gasteiger charge is 2.09. The van der Waals surface area contributed by atoms with E-state index in [0.29, 0.717) is 6.10 Å². The smallest absolute Gasteiger partial charge is 0.110 e. The lowest BCUT2D eigenvalue weighted by Crippen LogP contribution is -2.35. The van der Waals surface area contributed by atoms with Crippen LogP contribution in [0.25, 0.3) is 0 Å². The van der Waals surface area contributed by atoms with Crippen LogP contribution in [0.3, 0.4) is 0 Å². The van der Waals surface area contributed by atoms with Crippen molar-refractivity contribution in [2.75, 3.05) is 46.9 Å². The molecule has 0 saturated heterocycles. The molecule has 0 fully saturated rings. The lowest BCUT2D eigenvalue weighted by Gasteiger charge is -2.21.